The predicted molar refractivity (Wildman–Crippen MR) is 89.2 cm³/mol. The fourth-order valence-electron chi connectivity index (χ4n) is 2.20. The largest absolute Gasteiger partial charge is 0.464 e. The maximum atomic E-state index is 12.1. The highest BCUT2D eigenvalue weighted by Crippen LogP contribution is 2.22. The topological polar surface area (TPSA) is 84.5 Å². The van der Waals surface area contributed by atoms with E-state index in [9.17, 15) is 14.4 Å². The maximum absolute atomic E-state index is 12.1. The third-order valence-corrected chi connectivity index (χ3v) is 4.74. The van der Waals surface area contributed by atoms with Gasteiger partial charge in [0.25, 0.3) is 0 Å². The number of esters is 1. The van der Waals surface area contributed by atoms with E-state index in [4.69, 9.17) is 4.74 Å². The molecule has 0 saturated carbocycles. The number of carbonyl (C=O) groups excluding carboxylic acids is 3. The number of thioether (sulfide) groups is 1. The smallest absolute Gasteiger partial charge is 0.329 e. The zero-order valence-electron chi connectivity index (χ0n) is 13.1. The van der Waals surface area contributed by atoms with Crippen molar-refractivity contribution in [3.63, 3.8) is 0 Å². The van der Waals surface area contributed by atoms with E-state index in [1.165, 1.54) is 11.8 Å². The molecule has 0 unspecified atom stereocenters. The molecule has 7 heteroatoms. The van der Waals surface area contributed by atoms with Crippen molar-refractivity contribution in [1.29, 1.82) is 0 Å². The van der Waals surface area contributed by atoms with Crippen LogP contribution in [0.3, 0.4) is 0 Å². The molecule has 0 bridgehead atoms. The summed E-state index contributed by atoms with van der Waals surface area (Å²) in [6.45, 7) is 3.90. The summed E-state index contributed by atoms with van der Waals surface area (Å²) in [5.41, 5.74) is 1.70. The van der Waals surface area contributed by atoms with E-state index < -0.39 is 17.3 Å². The van der Waals surface area contributed by atoms with Crippen LogP contribution in [-0.2, 0) is 19.1 Å². The number of benzene rings is 1. The molecule has 2 amide bonds. The summed E-state index contributed by atoms with van der Waals surface area (Å²) >= 11 is 1.30. The van der Waals surface area contributed by atoms with Crippen molar-refractivity contribution < 1.29 is 19.1 Å². The Hall–Kier alpha value is -2.02. The van der Waals surface area contributed by atoms with Gasteiger partial charge < -0.3 is 15.4 Å². The van der Waals surface area contributed by atoms with E-state index in [-0.39, 0.29) is 24.8 Å². The Bertz CT molecular complexity index is 605. The molecule has 23 heavy (non-hydrogen) atoms. The van der Waals surface area contributed by atoms with Crippen LogP contribution in [-0.4, -0.2) is 41.4 Å². The number of hydrogen-bond acceptors (Lipinski definition) is 5. The van der Waals surface area contributed by atoms with Crippen LogP contribution in [0.5, 0.6) is 0 Å². The van der Waals surface area contributed by atoms with Crippen LogP contribution in [0.25, 0.3) is 0 Å². The third kappa shape index (κ3) is 4.72. The number of amides is 2. The summed E-state index contributed by atoms with van der Waals surface area (Å²) in [6, 6.07) is 6.82. The van der Waals surface area contributed by atoms with Crippen LogP contribution < -0.4 is 10.6 Å². The molecule has 0 spiro atoms. The van der Waals surface area contributed by atoms with Crippen molar-refractivity contribution in [2.75, 3.05) is 17.7 Å². The molecule has 124 valence electrons. The van der Waals surface area contributed by atoms with E-state index in [0.717, 1.165) is 11.3 Å². The summed E-state index contributed by atoms with van der Waals surface area (Å²) in [6.07, 6.45) is 0.0698. The van der Waals surface area contributed by atoms with Gasteiger partial charge in [-0.15, -0.1) is 11.8 Å². The quantitative estimate of drug-likeness (QED) is 0.796. The van der Waals surface area contributed by atoms with Gasteiger partial charge in [0.05, 0.1) is 11.9 Å². The normalized spacial score (nSPS) is 20.5. The molecule has 1 heterocycles. The van der Waals surface area contributed by atoms with Gasteiger partial charge in [0.2, 0.25) is 11.8 Å². The molecule has 0 radical (unpaired) electrons. The van der Waals surface area contributed by atoms with E-state index in [1.807, 2.05) is 31.2 Å². The van der Waals surface area contributed by atoms with Gasteiger partial charge in [0.15, 0.2) is 0 Å². The Balaban J connectivity index is 1.87. The Morgan fingerprint density at radius 2 is 2.13 bits per heavy atom. The van der Waals surface area contributed by atoms with Gasteiger partial charge in [-0.25, -0.2) is 4.79 Å². The second-order valence-corrected chi connectivity index (χ2v) is 6.44. The number of rotatable bonds is 5. The minimum absolute atomic E-state index is 0.0698. The lowest BCUT2D eigenvalue weighted by Crippen LogP contribution is -2.51. The Kier molecular flexibility index (Phi) is 6.04. The predicted octanol–water partition coefficient (Wildman–Crippen LogP) is 1.49. The first-order chi connectivity index (χ1) is 11.0. The average molecular weight is 336 g/mol. The Morgan fingerprint density at radius 3 is 2.78 bits per heavy atom. The average Bonchev–Trinajstić information content (AvgIpc) is 2.52. The van der Waals surface area contributed by atoms with Crippen molar-refractivity contribution in [2.24, 2.45) is 0 Å². The molecule has 0 aliphatic carbocycles. The summed E-state index contributed by atoms with van der Waals surface area (Å²) in [4.78, 5) is 35.8. The fraction of sp³-hybridized carbons (Fsp3) is 0.438. The molecule has 1 fully saturated rings. The van der Waals surface area contributed by atoms with Gasteiger partial charge in [-0.3, -0.25) is 9.59 Å². The van der Waals surface area contributed by atoms with Crippen LogP contribution >= 0.6 is 11.8 Å². The lowest BCUT2D eigenvalue weighted by atomic mass is 10.2. The number of hydrogen-bond donors (Lipinski definition) is 2. The molecule has 1 aromatic carbocycles. The van der Waals surface area contributed by atoms with Crippen molar-refractivity contribution in [3.05, 3.63) is 29.8 Å². The van der Waals surface area contributed by atoms with Crippen molar-refractivity contribution in [1.82, 2.24) is 5.32 Å². The molecule has 1 aliphatic rings. The molecule has 2 rings (SSSR count). The first kappa shape index (κ1) is 17.3. The zero-order chi connectivity index (χ0) is 16.8. The summed E-state index contributed by atoms with van der Waals surface area (Å²) < 4.78 is 4.89. The minimum Gasteiger partial charge on any atom is -0.464 e. The summed E-state index contributed by atoms with van der Waals surface area (Å²) in [5, 5.41) is 4.93. The van der Waals surface area contributed by atoms with Crippen LogP contribution in [0.2, 0.25) is 0 Å². The highest BCUT2D eigenvalue weighted by Gasteiger charge is 2.34. The molecule has 1 aliphatic heterocycles. The molecule has 6 nitrogen and oxygen atoms in total. The van der Waals surface area contributed by atoms with Crippen LogP contribution in [0.4, 0.5) is 5.69 Å². The highest BCUT2D eigenvalue weighted by molar-refractivity contribution is 8.00. The second-order valence-electron chi connectivity index (χ2n) is 5.20. The van der Waals surface area contributed by atoms with Crippen LogP contribution in [0, 0.1) is 6.92 Å². The summed E-state index contributed by atoms with van der Waals surface area (Å²) in [5.74, 6) is -0.552. The monoisotopic (exact) mass is 336 g/mol. The number of para-hydroxylation sites is 1. The van der Waals surface area contributed by atoms with Crippen LogP contribution in [0.15, 0.2) is 24.3 Å². The van der Waals surface area contributed by atoms with E-state index >= 15 is 0 Å². The standard InChI is InChI=1S/C16H20N2O4S/c1-3-22-16(21)12-9-23-13(15(20)18-12)8-14(19)17-11-7-5-4-6-10(11)2/h4-7,12-13H,3,8-9H2,1-2H3,(H,17,19)(H,18,20)/t12-,13-/m0/s1. The molecule has 1 aromatic rings. The van der Waals surface area contributed by atoms with Crippen molar-refractivity contribution in [2.45, 2.75) is 31.6 Å². The Labute approximate surface area is 139 Å². The van der Waals surface area contributed by atoms with Crippen LogP contribution in [0.1, 0.15) is 18.9 Å². The minimum atomic E-state index is -0.636. The molecule has 1 saturated heterocycles. The number of anilines is 1. The van der Waals surface area contributed by atoms with E-state index in [2.05, 4.69) is 10.6 Å². The first-order valence-corrected chi connectivity index (χ1v) is 8.50. The van der Waals surface area contributed by atoms with Gasteiger partial charge in [-0.05, 0) is 25.5 Å². The molecular formula is C16H20N2O4S. The molecule has 0 aromatic heterocycles. The van der Waals surface area contributed by atoms with E-state index in [0.29, 0.717) is 5.75 Å². The van der Waals surface area contributed by atoms with E-state index in [1.54, 1.807) is 6.92 Å². The zero-order valence-corrected chi connectivity index (χ0v) is 13.9. The number of nitrogens with one attached hydrogen (secondary N) is 2. The van der Waals surface area contributed by atoms with Gasteiger partial charge in [-0.1, -0.05) is 18.2 Å². The number of aryl methyl sites for hydroxylation is 1. The lowest BCUT2D eigenvalue weighted by molar-refractivity contribution is -0.146. The Morgan fingerprint density at radius 1 is 1.39 bits per heavy atom. The van der Waals surface area contributed by atoms with Gasteiger partial charge in [0, 0.05) is 17.9 Å². The highest BCUT2D eigenvalue weighted by atomic mass is 32.2. The first-order valence-electron chi connectivity index (χ1n) is 7.45. The van der Waals surface area contributed by atoms with Crippen molar-refractivity contribution >= 4 is 35.2 Å². The van der Waals surface area contributed by atoms with Gasteiger partial charge in [-0.2, -0.15) is 0 Å². The SMILES string of the molecule is CCOC(=O)[C@@H]1CS[C@@H](CC(=O)Nc2ccccc2C)C(=O)N1. The second kappa shape index (κ2) is 8.01. The lowest BCUT2D eigenvalue weighted by Gasteiger charge is -2.27. The number of carbonyl (C=O) groups is 3. The molecular weight excluding hydrogens is 316 g/mol. The molecule has 2 atom stereocenters. The molecule has 2 N–H and O–H groups in total. The third-order valence-electron chi connectivity index (χ3n) is 3.43. The van der Waals surface area contributed by atoms with Gasteiger partial charge >= 0.3 is 5.97 Å². The number of ether oxygens (including phenoxy) is 1. The maximum Gasteiger partial charge on any atom is 0.329 e. The summed E-state index contributed by atoms with van der Waals surface area (Å²) in [7, 11) is 0. The fourth-order valence-corrected chi connectivity index (χ4v) is 3.33. The van der Waals surface area contributed by atoms with Gasteiger partial charge in [0.1, 0.15) is 6.04 Å². The van der Waals surface area contributed by atoms with Crippen molar-refractivity contribution in [3.8, 4) is 0 Å².